The van der Waals surface area contributed by atoms with E-state index >= 15 is 0 Å². The summed E-state index contributed by atoms with van der Waals surface area (Å²) in [7, 11) is 3.09. The second-order valence-corrected chi connectivity index (χ2v) is 10.1. The molecule has 4 aromatic rings. The van der Waals surface area contributed by atoms with E-state index in [1.807, 2.05) is 36.4 Å². The number of esters is 1. The third-order valence-corrected chi connectivity index (χ3v) is 7.75. The Labute approximate surface area is 240 Å². The van der Waals surface area contributed by atoms with Gasteiger partial charge in [-0.25, -0.2) is 9.79 Å². The van der Waals surface area contributed by atoms with Crippen molar-refractivity contribution in [3.8, 4) is 29.6 Å². The number of ether oxygens (including phenoxy) is 4. The molecule has 0 spiro atoms. The summed E-state index contributed by atoms with van der Waals surface area (Å²) in [6, 6.07) is 16.0. The number of rotatable bonds is 8. The van der Waals surface area contributed by atoms with Crippen molar-refractivity contribution in [1.29, 1.82) is 0 Å². The SMILES string of the molecule is C#CCOc1ccc2ccccc2c1/C=c1\sc2n(c1=O)[C@H](c1cc(OC)ccc1OC)C(C(=O)OCC)=C(C)N=2. The number of terminal acetylenes is 1. The fraction of sp³-hybridized carbons (Fsp3) is 0.219. The van der Waals surface area contributed by atoms with Gasteiger partial charge in [-0.15, -0.1) is 6.42 Å². The van der Waals surface area contributed by atoms with Gasteiger partial charge in [0.05, 0.1) is 36.6 Å². The molecular weight excluding hydrogens is 540 g/mol. The molecule has 1 aliphatic rings. The number of hydrogen-bond donors (Lipinski definition) is 0. The molecular formula is C32H28N2O6S. The van der Waals surface area contributed by atoms with Crippen molar-refractivity contribution < 1.29 is 23.7 Å². The minimum atomic E-state index is -0.859. The minimum Gasteiger partial charge on any atom is -0.497 e. The van der Waals surface area contributed by atoms with Crippen molar-refractivity contribution >= 4 is 34.2 Å². The first-order chi connectivity index (χ1) is 19.9. The van der Waals surface area contributed by atoms with Gasteiger partial charge in [0, 0.05) is 11.1 Å². The first-order valence-electron chi connectivity index (χ1n) is 12.9. The molecule has 5 rings (SSSR count). The van der Waals surface area contributed by atoms with Gasteiger partial charge in [0.1, 0.15) is 29.9 Å². The lowest BCUT2D eigenvalue weighted by molar-refractivity contribution is -0.139. The van der Waals surface area contributed by atoms with Crippen LogP contribution in [0.15, 0.2) is 75.7 Å². The standard InChI is InChI=1S/C32H28N2O6S/c1-6-16-40-26-14-12-20-10-8-9-11-22(20)23(26)18-27-30(35)34-29(24-17-21(37-4)13-15-25(24)38-5)28(31(36)39-7-2)19(3)33-32(34)41-27/h1,8-15,17-18,29H,7,16H2,2-5H3/b27-18-/t29-/m1/s1. The Morgan fingerprint density at radius 3 is 2.63 bits per heavy atom. The lowest BCUT2D eigenvalue weighted by atomic mass is 9.94. The maximum atomic E-state index is 14.2. The van der Waals surface area contributed by atoms with Crippen molar-refractivity contribution in [3.05, 3.63) is 96.7 Å². The number of benzene rings is 3. The average molecular weight is 569 g/mol. The molecule has 8 nitrogen and oxygen atoms in total. The summed E-state index contributed by atoms with van der Waals surface area (Å²) in [6.07, 6.45) is 7.25. The molecule has 0 saturated heterocycles. The summed E-state index contributed by atoms with van der Waals surface area (Å²) in [6.45, 7) is 3.72. The zero-order valence-corrected chi connectivity index (χ0v) is 23.9. The topological polar surface area (TPSA) is 88.3 Å². The number of carbonyl (C=O) groups is 1. The van der Waals surface area contributed by atoms with Crippen LogP contribution >= 0.6 is 11.3 Å². The zero-order chi connectivity index (χ0) is 29.1. The van der Waals surface area contributed by atoms with Crippen molar-refractivity contribution in [2.24, 2.45) is 4.99 Å². The van der Waals surface area contributed by atoms with Gasteiger partial charge in [-0.05, 0) is 55.0 Å². The normalized spacial score (nSPS) is 14.7. The molecule has 9 heteroatoms. The molecule has 0 aliphatic carbocycles. The largest absolute Gasteiger partial charge is 0.497 e. The van der Waals surface area contributed by atoms with Gasteiger partial charge in [0.2, 0.25) is 0 Å². The molecule has 2 heterocycles. The number of carbonyl (C=O) groups excluding carboxylic acids is 1. The number of allylic oxidation sites excluding steroid dienone is 1. The highest BCUT2D eigenvalue weighted by atomic mass is 32.1. The van der Waals surface area contributed by atoms with Crippen LogP contribution in [0, 0.1) is 12.3 Å². The summed E-state index contributed by atoms with van der Waals surface area (Å²) < 4.78 is 24.3. The van der Waals surface area contributed by atoms with Gasteiger partial charge in [0.25, 0.3) is 5.56 Å². The van der Waals surface area contributed by atoms with E-state index in [0.29, 0.717) is 37.8 Å². The molecule has 0 bridgehead atoms. The lowest BCUT2D eigenvalue weighted by Crippen LogP contribution is -2.40. The fourth-order valence-corrected chi connectivity index (χ4v) is 5.97. The van der Waals surface area contributed by atoms with Crippen molar-refractivity contribution in [2.45, 2.75) is 19.9 Å². The van der Waals surface area contributed by atoms with E-state index in [-0.39, 0.29) is 24.3 Å². The number of aromatic nitrogens is 1. The van der Waals surface area contributed by atoms with Gasteiger partial charge in [-0.1, -0.05) is 47.6 Å². The van der Waals surface area contributed by atoms with Crippen LogP contribution < -0.4 is 29.1 Å². The number of methoxy groups -OCH3 is 2. The monoisotopic (exact) mass is 568 g/mol. The predicted octanol–water partition coefficient (Wildman–Crippen LogP) is 3.98. The van der Waals surface area contributed by atoms with Gasteiger partial charge < -0.3 is 18.9 Å². The summed E-state index contributed by atoms with van der Waals surface area (Å²) in [5.41, 5.74) is 1.67. The summed E-state index contributed by atoms with van der Waals surface area (Å²) >= 11 is 1.22. The Hall–Kier alpha value is -4.81. The van der Waals surface area contributed by atoms with E-state index < -0.39 is 12.0 Å². The van der Waals surface area contributed by atoms with Crippen LogP contribution in [0.1, 0.15) is 31.0 Å². The van der Waals surface area contributed by atoms with E-state index in [2.05, 4.69) is 10.9 Å². The molecule has 41 heavy (non-hydrogen) atoms. The Bertz CT molecular complexity index is 1910. The number of fused-ring (bicyclic) bond motifs is 2. The molecule has 208 valence electrons. The molecule has 0 radical (unpaired) electrons. The third kappa shape index (κ3) is 5.10. The fourth-order valence-electron chi connectivity index (χ4n) is 4.94. The zero-order valence-electron chi connectivity index (χ0n) is 23.1. The maximum absolute atomic E-state index is 14.2. The lowest BCUT2D eigenvalue weighted by Gasteiger charge is -2.26. The van der Waals surface area contributed by atoms with E-state index in [9.17, 15) is 9.59 Å². The molecule has 1 aromatic heterocycles. The quantitative estimate of drug-likeness (QED) is 0.236. The van der Waals surface area contributed by atoms with Crippen molar-refractivity contribution in [1.82, 2.24) is 4.57 Å². The molecule has 0 N–H and O–H groups in total. The summed E-state index contributed by atoms with van der Waals surface area (Å²) in [5, 5.41) is 1.89. The molecule has 0 amide bonds. The van der Waals surface area contributed by atoms with Crippen molar-refractivity contribution in [2.75, 3.05) is 27.4 Å². The van der Waals surface area contributed by atoms with Gasteiger partial charge >= 0.3 is 5.97 Å². The first-order valence-corrected chi connectivity index (χ1v) is 13.7. The Morgan fingerprint density at radius 1 is 1.12 bits per heavy atom. The van der Waals surface area contributed by atoms with Crippen LogP contribution in [0.5, 0.6) is 17.2 Å². The van der Waals surface area contributed by atoms with Crippen LogP contribution in [-0.2, 0) is 9.53 Å². The average Bonchev–Trinajstić information content (AvgIpc) is 3.29. The van der Waals surface area contributed by atoms with E-state index in [1.165, 1.54) is 23.0 Å². The van der Waals surface area contributed by atoms with Gasteiger partial charge in [-0.3, -0.25) is 9.36 Å². The van der Waals surface area contributed by atoms with Crippen LogP contribution in [0.3, 0.4) is 0 Å². The number of hydrogen-bond acceptors (Lipinski definition) is 8. The summed E-state index contributed by atoms with van der Waals surface area (Å²) in [4.78, 5) is 32.6. The minimum absolute atomic E-state index is 0.0815. The van der Waals surface area contributed by atoms with Gasteiger partial charge in [-0.2, -0.15) is 0 Å². The molecule has 0 unspecified atom stereocenters. The van der Waals surface area contributed by atoms with Crippen LogP contribution in [-0.4, -0.2) is 38.0 Å². The second-order valence-electron chi connectivity index (χ2n) is 9.10. The molecule has 1 aliphatic heterocycles. The second kappa shape index (κ2) is 11.7. The Balaban J connectivity index is 1.81. The highest BCUT2D eigenvalue weighted by Gasteiger charge is 2.35. The highest BCUT2D eigenvalue weighted by molar-refractivity contribution is 7.07. The Kier molecular flexibility index (Phi) is 7.95. The van der Waals surface area contributed by atoms with Crippen molar-refractivity contribution in [3.63, 3.8) is 0 Å². The van der Waals surface area contributed by atoms with E-state index in [1.54, 1.807) is 45.2 Å². The number of thiazole rings is 1. The van der Waals surface area contributed by atoms with E-state index in [0.717, 1.165) is 16.3 Å². The smallest absolute Gasteiger partial charge is 0.338 e. The molecule has 3 aromatic carbocycles. The predicted molar refractivity (Wildman–Crippen MR) is 158 cm³/mol. The Morgan fingerprint density at radius 2 is 1.90 bits per heavy atom. The third-order valence-electron chi connectivity index (χ3n) is 6.77. The molecule has 1 atom stereocenters. The molecule has 0 saturated carbocycles. The summed E-state index contributed by atoms with van der Waals surface area (Å²) in [5.74, 6) is 3.53. The van der Waals surface area contributed by atoms with E-state index in [4.69, 9.17) is 25.4 Å². The maximum Gasteiger partial charge on any atom is 0.338 e. The highest BCUT2D eigenvalue weighted by Crippen LogP contribution is 2.38. The van der Waals surface area contributed by atoms with Crippen LogP contribution in [0.25, 0.3) is 16.8 Å². The molecule has 0 fully saturated rings. The van der Waals surface area contributed by atoms with Crippen LogP contribution in [0.2, 0.25) is 0 Å². The first kappa shape index (κ1) is 27.7. The van der Waals surface area contributed by atoms with Gasteiger partial charge in [0.15, 0.2) is 4.80 Å². The van der Waals surface area contributed by atoms with Crippen LogP contribution in [0.4, 0.5) is 0 Å². The number of nitrogens with zero attached hydrogens (tertiary/aromatic N) is 2.